The SMILES string of the molecule is CC(CN)NC(=O)Cc1cccc(C(C)(C)C)c1O. The quantitative estimate of drug-likeness (QED) is 0.774. The summed E-state index contributed by atoms with van der Waals surface area (Å²) >= 11 is 0. The number of aromatic hydroxyl groups is 1. The molecule has 0 aliphatic carbocycles. The van der Waals surface area contributed by atoms with Crippen LogP contribution in [0.5, 0.6) is 5.75 Å². The Morgan fingerprint density at radius 1 is 1.42 bits per heavy atom. The zero-order chi connectivity index (χ0) is 14.6. The van der Waals surface area contributed by atoms with Gasteiger partial charge in [-0.1, -0.05) is 39.0 Å². The maximum absolute atomic E-state index is 11.8. The average molecular weight is 264 g/mol. The van der Waals surface area contributed by atoms with Gasteiger partial charge in [0.1, 0.15) is 5.75 Å². The van der Waals surface area contributed by atoms with E-state index in [4.69, 9.17) is 5.73 Å². The van der Waals surface area contributed by atoms with Gasteiger partial charge in [-0.2, -0.15) is 0 Å². The lowest BCUT2D eigenvalue weighted by Gasteiger charge is -2.22. The Balaban J connectivity index is 2.88. The fourth-order valence-electron chi connectivity index (χ4n) is 1.90. The van der Waals surface area contributed by atoms with Gasteiger partial charge in [-0.05, 0) is 17.9 Å². The van der Waals surface area contributed by atoms with Crippen molar-refractivity contribution in [3.63, 3.8) is 0 Å². The zero-order valence-corrected chi connectivity index (χ0v) is 12.2. The topological polar surface area (TPSA) is 75.3 Å². The van der Waals surface area contributed by atoms with E-state index in [0.717, 1.165) is 5.56 Å². The Bertz CT molecular complexity index is 450. The second-order valence-corrected chi connectivity index (χ2v) is 5.94. The molecule has 0 spiro atoms. The number of amides is 1. The summed E-state index contributed by atoms with van der Waals surface area (Å²) in [6, 6.07) is 5.48. The van der Waals surface area contributed by atoms with Gasteiger partial charge in [-0.3, -0.25) is 4.79 Å². The molecule has 0 saturated heterocycles. The minimum atomic E-state index is -0.152. The molecule has 0 bridgehead atoms. The number of carbonyl (C=O) groups is 1. The van der Waals surface area contributed by atoms with Crippen LogP contribution in [0.15, 0.2) is 18.2 Å². The zero-order valence-electron chi connectivity index (χ0n) is 12.2. The highest BCUT2D eigenvalue weighted by atomic mass is 16.3. The van der Waals surface area contributed by atoms with Gasteiger partial charge in [0.15, 0.2) is 0 Å². The Morgan fingerprint density at radius 3 is 2.58 bits per heavy atom. The number of hydrogen-bond donors (Lipinski definition) is 3. The van der Waals surface area contributed by atoms with E-state index in [1.165, 1.54) is 0 Å². The first-order valence-electron chi connectivity index (χ1n) is 6.56. The van der Waals surface area contributed by atoms with Crippen molar-refractivity contribution in [1.82, 2.24) is 5.32 Å². The summed E-state index contributed by atoms with van der Waals surface area (Å²) in [5.41, 5.74) is 6.81. The lowest BCUT2D eigenvalue weighted by molar-refractivity contribution is -0.121. The van der Waals surface area contributed by atoms with Crippen LogP contribution in [0.2, 0.25) is 0 Å². The first-order chi connectivity index (χ1) is 8.75. The van der Waals surface area contributed by atoms with Crippen molar-refractivity contribution in [3.05, 3.63) is 29.3 Å². The van der Waals surface area contributed by atoms with Crippen molar-refractivity contribution >= 4 is 5.91 Å². The molecular formula is C15H24N2O2. The number of carbonyl (C=O) groups excluding carboxylic acids is 1. The third-order valence-corrected chi connectivity index (χ3v) is 3.04. The van der Waals surface area contributed by atoms with Crippen LogP contribution in [0, 0.1) is 0 Å². The van der Waals surface area contributed by atoms with E-state index in [0.29, 0.717) is 12.1 Å². The highest BCUT2D eigenvalue weighted by Gasteiger charge is 2.20. The molecule has 0 radical (unpaired) electrons. The summed E-state index contributed by atoms with van der Waals surface area (Å²) in [6.45, 7) is 8.34. The van der Waals surface area contributed by atoms with Gasteiger partial charge in [0, 0.05) is 18.2 Å². The molecule has 19 heavy (non-hydrogen) atoms. The van der Waals surface area contributed by atoms with E-state index in [-0.39, 0.29) is 29.5 Å². The molecule has 0 saturated carbocycles. The molecule has 4 N–H and O–H groups in total. The molecule has 0 fully saturated rings. The summed E-state index contributed by atoms with van der Waals surface area (Å²) in [4.78, 5) is 11.8. The molecule has 1 unspecified atom stereocenters. The molecule has 4 heteroatoms. The summed E-state index contributed by atoms with van der Waals surface area (Å²) in [6.07, 6.45) is 0.167. The van der Waals surface area contributed by atoms with Crippen molar-refractivity contribution < 1.29 is 9.90 Å². The maximum atomic E-state index is 11.8. The number of para-hydroxylation sites is 1. The van der Waals surface area contributed by atoms with Crippen LogP contribution >= 0.6 is 0 Å². The summed E-state index contributed by atoms with van der Waals surface area (Å²) in [7, 11) is 0. The van der Waals surface area contributed by atoms with Crippen LogP contribution in [0.1, 0.15) is 38.8 Å². The highest BCUT2D eigenvalue weighted by Crippen LogP contribution is 2.33. The van der Waals surface area contributed by atoms with Crippen LogP contribution in [0.25, 0.3) is 0 Å². The van der Waals surface area contributed by atoms with Gasteiger partial charge >= 0.3 is 0 Å². The summed E-state index contributed by atoms with van der Waals surface area (Å²) < 4.78 is 0. The molecule has 4 nitrogen and oxygen atoms in total. The Labute approximate surface area is 115 Å². The van der Waals surface area contributed by atoms with E-state index in [1.807, 2.05) is 39.8 Å². The van der Waals surface area contributed by atoms with Gasteiger partial charge in [0.25, 0.3) is 0 Å². The van der Waals surface area contributed by atoms with E-state index in [9.17, 15) is 9.90 Å². The van der Waals surface area contributed by atoms with E-state index in [1.54, 1.807) is 6.07 Å². The van der Waals surface area contributed by atoms with E-state index in [2.05, 4.69) is 5.32 Å². The maximum Gasteiger partial charge on any atom is 0.224 e. The number of nitrogens with one attached hydrogen (secondary N) is 1. The molecule has 106 valence electrons. The van der Waals surface area contributed by atoms with Crippen LogP contribution < -0.4 is 11.1 Å². The third-order valence-electron chi connectivity index (χ3n) is 3.04. The standard InChI is InChI=1S/C15H24N2O2/c1-10(9-16)17-13(18)8-11-6-5-7-12(14(11)19)15(2,3)4/h5-7,10,19H,8-9,16H2,1-4H3,(H,17,18). The normalized spacial score (nSPS) is 13.1. The summed E-state index contributed by atoms with van der Waals surface area (Å²) in [5, 5.41) is 13.0. The molecule has 1 atom stereocenters. The molecule has 0 aliphatic heterocycles. The van der Waals surface area contributed by atoms with Gasteiger partial charge in [-0.15, -0.1) is 0 Å². The largest absolute Gasteiger partial charge is 0.507 e. The van der Waals surface area contributed by atoms with Crippen molar-refractivity contribution in [2.24, 2.45) is 5.73 Å². The Kier molecular flexibility index (Phi) is 4.95. The number of hydrogen-bond acceptors (Lipinski definition) is 3. The van der Waals surface area contributed by atoms with E-state index >= 15 is 0 Å². The lowest BCUT2D eigenvalue weighted by Crippen LogP contribution is -2.38. The molecule has 1 rings (SSSR count). The minimum absolute atomic E-state index is 0.0551. The highest BCUT2D eigenvalue weighted by molar-refractivity contribution is 5.79. The number of benzene rings is 1. The fraction of sp³-hybridized carbons (Fsp3) is 0.533. The van der Waals surface area contributed by atoms with Gasteiger partial charge in [0.05, 0.1) is 6.42 Å². The summed E-state index contributed by atoms with van der Waals surface area (Å²) in [5.74, 6) is 0.0878. The average Bonchev–Trinajstić information content (AvgIpc) is 2.30. The molecule has 1 amide bonds. The molecule has 1 aromatic rings. The minimum Gasteiger partial charge on any atom is -0.507 e. The van der Waals surface area contributed by atoms with Crippen molar-refractivity contribution in [2.75, 3.05) is 6.54 Å². The molecular weight excluding hydrogens is 240 g/mol. The van der Waals surface area contributed by atoms with Crippen molar-refractivity contribution in [2.45, 2.75) is 45.6 Å². The van der Waals surface area contributed by atoms with Crippen LogP contribution in [-0.2, 0) is 16.6 Å². The van der Waals surface area contributed by atoms with Crippen molar-refractivity contribution in [1.29, 1.82) is 0 Å². The Morgan fingerprint density at radius 2 is 2.05 bits per heavy atom. The first-order valence-corrected chi connectivity index (χ1v) is 6.56. The smallest absolute Gasteiger partial charge is 0.224 e. The van der Waals surface area contributed by atoms with Crippen LogP contribution in [0.4, 0.5) is 0 Å². The fourth-order valence-corrected chi connectivity index (χ4v) is 1.90. The third kappa shape index (κ3) is 4.24. The van der Waals surface area contributed by atoms with Gasteiger partial charge < -0.3 is 16.2 Å². The predicted octanol–water partition coefficient (Wildman–Crippen LogP) is 1.70. The van der Waals surface area contributed by atoms with Crippen LogP contribution in [-0.4, -0.2) is 23.6 Å². The second-order valence-electron chi connectivity index (χ2n) is 5.94. The van der Waals surface area contributed by atoms with E-state index < -0.39 is 0 Å². The second kappa shape index (κ2) is 6.06. The first kappa shape index (κ1) is 15.5. The number of rotatable bonds is 4. The molecule has 0 aliphatic rings. The monoisotopic (exact) mass is 264 g/mol. The predicted molar refractivity (Wildman–Crippen MR) is 77.2 cm³/mol. The number of phenolic OH excluding ortho intramolecular Hbond substituents is 1. The lowest BCUT2D eigenvalue weighted by atomic mass is 9.85. The van der Waals surface area contributed by atoms with Crippen molar-refractivity contribution in [3.8, 4) is 5.75 Å². The molecule has 0 aromatic heterocycles. The molecule has 1 aromatic carbocycles. The Hall–Kier alpha value is -1.55. The molecule has 0 heterocycles. The van der Waals surface area contributed by atoms with Crippen LogP contribution in [0.3, 0.4) is 0 Å². The van der Waals surface area contributed by atoms with Gasteiger partial charge in [0.2, 0.25) is 5.91 Å². The number of nitrogens with two attached hydrogens (primary N) is 1. The van der Waals surface area contributed by atoms with Gasteiger partial charge in [-0.25, -0.2) is 0 Å². The number of phenols is 1.